The van der Waals surface area contributed by atoms with E-state index in [1.54, 1.807) is 0 Å². The minimum absolute atomic E-state index is 0. The second kappa shape index (κ2) is 10.4. The van der Waals surface area contributed by atoms with Gasteiger partial charge in [-0.1, -0.05) is 0 Å². The lowest BCUT2D eigenvalue weighted by atomic mass is 10.0. The van der Waals surface area contributed by atoms with E-state index in [9.17, 15) is 33.5 Å². The number of carbonyl (C=O) groups is 1. The van der Waals surface area contributed by atoms with Crippen LogP contribution < -0.4 is 23.5 Å². The third kappa shape index (κ3) is 7.62. The fourth-order valence-corrected chi connectivity index (χ4v) is 2.75. The highest BCUT2D eigenvalue weighted by Gasteiger charge is 2.27. The maximum atomic E-state index is 12.0. The molecule has 1 aromatic carbocycles. The Morgan fingerprint density at radius 3 is 2.31 bits per heavy atom. The predicted molar refractivity (Wildman–Crippen MR) is 88.1 cm³/mol. The molecule has 0 radical (unpaired) electrons. The van der Waals surface area contributed by atoms with E-state index in [1.165, 1.54) is 24.3 Å². The van der Waals surface area contributed by atoms with Crippen molar-refractivity contribution in [2.75, 3.05) is 18.6 Å². The van der Waals surface area contributed by atoms with Gasteiger partial charge < -0.3 is 33.7 Å². The fourth-order valence-electron chi connectivity index (χ4n) is 2.04. The Labute approximate surface area is 156 Å². The van der Waals surface area contributed by atoms with Gasteiger partial charge in [-0.25, -0.2) is 8.42 Å². The molecule has 1 amide bonds. The van der Waals surface area contributed by atoms with Crippen molar-refractivity contribution < 1.29 is 46.5 Å². The van der Waals surface area contributed by atoms with Crippen LogP contribution in [0.15, 0.2) is 24.3 Å². The van der Waals surface area contributed by atoms with E-state index >= 15 is 0 Å². The van der Waals surface area contributed by atoms with E-state index in [2.05, 4.69) is 11.1 Å². The number of hydrogen-bond acceptors (Lipinski definition) is 7. The van der Waals surface area contributed by atoms with Crippen molar-refractivity contribution in [1.82, 2.24) is 5.32 Å². The summed E-state index contributed by atoms with van der Waals surface area (Å²) in [6.07, 6.45) is -0.236. The number of halogens is 1. The number of nitrogens with one attached hydrogen (secondary N) is 1. The molecule has 0 aromatic heterocycles. The molecule has 10 nitrogen and oxygen atoms in total. The van der Waals surface area contributed by atoms with Gasteiger partial charge >= 0.3 is 0 Å². The second-order valence-electron chi connectivity index (χ2n) is 5.71. The Bertz CT molecular complexity index is 712. The number of benzene rings is 1. The van der Waals surface area contributed by atoms with Crippen LogP contribution in [0.25, 0.3) is 0 Å². The van der Waals surface area contributed by atoms with Crippen LogP contribution in [0, 0.1) is 10.1 Å². The minimum Gasteiger partial charge on any atom is -1.00 e. The van der Waals surface area contributed by atoms with Crippen LogP contribution >= 0.6 is 0 Å². The molecule has 0 aliphatic carbocycles. The van der Waals surface area contributed by atoms with E-state index in [-0.39, 0.29) is 35.8 Å². The Kier molecular flexibility index (Phi) is 9.67. The van der Waals surface area contributed by atoms with Gasteiger partial charge in [-0.05, 0) is 17.7 Å². The highest BCUT2D eigenvalue weighted by atomic mass is 35.5. The average molecular weight is 412 g/mol. The minimum atomic E-state index is -3.23. The molecule has 0 spiro atoms. The molecule has 0 saturated heterocycles. The molecule has 1 rings (SSSR count). The summed E-state index contributed by atoms with van der Waals surface area (Å²) in [5.74, 6) is -0.813. The molecule has 0 aliphatic rings. The van der Waals surface area contributed by atoms with Crippen molar-refractivity contribution in [3.05, 3.63) is 39.9 Å². The number of amides is 1. The smallest absolute Gasteiger partial charge is 0.278 e. The maximum Gasteiger partial charge on any atom is 0.278 e. The Morgan fingerprint density at radius 2 is 1.88 bits per heavy atom. The largest absolute Gasteiger partial charge is 1.00 e. The third-order valence-electron chi connectivity index (χ3n) is 3.56. The molecule has 3 atom stereocenters. The summed E-state index contributed by atoms with van der Waals surface area (Å²) >= 11 is 0. The number of nitrogens with zero attached hydrogens (tertiary/aromatic N) is 1. The van der Waals surface area contributed by atoms with Crippen molar-refractivity contribution in [1.29, 1.82) is 0 Å². The first-order valence-electron chi connectivity index (χ1n) is 7.39. The SMILES string of the molecule is CS(=O)(=O)CC[C@H]([NH3+])C(=O)N[C@@H](CO)[C@H](O)c1ccc([N+](=O)[O-])cc1.[Cl-]. The Balaban J connectivity index is 0.00000625. The first-order chi connectivity index (χ1) is 11.5. The first-order valence-corrected chi connectivity index (χ1v) is 9.45. The monoisotopic (exact) mass is 411 g/mol. The number of nitro benzene ring substituents is 1. The predicted octanol–water partition coefficient (Wildman–Crippen LogP) is -4.85. The number of aliphatic hydroxyl groups excluding tert-OH is 2. The standard InChI is InChI=1S/C14H21N3O7S.ClH/c1-25(23,24)7-6-11(15)14(20)16-12(8-18)13(19)9-2-4-10(5-3-9)17(21)22;/h2-5,11-13,18-19H,6-8,15H2,1H3,(H,16,20);1H/t11-,12-,13+;/m0./s1. The normalized spacial score (nSPS) is 14.6. The molecule has 6 N–H and O–H groups in total. The van der Waals surface area contributed by atoms with Crippen molar-refractivity contribution in [2.24, 2.45) is 0 Å². The molecule has 0 saturated carbocycles. The second-order valence-corrected chi connectivity index (χ2v) is 7.97. The molecule has 0 unspecified atom stereocenters. The van der Waals surface area contributed by atoms with Gasteiger partial charge in [-0.15, -0.1) is 0 Å². The van der Waals surface area contributed by atoms with Crippen LogP contribution in [0.1, 0.15) is 18.1 Å². The number of rotatable bonds is 9. The summed E-state index contributed by atoms with van der Waals surface area (Å²) in [6.45, 7) is -0.581. The summed E-state index contributed by atoms with van der Waals surface area (Å²) in [7, 11) is -3.23. The zero-order valence-corrected chi connectivity index (χ0v) is 15.6. The molecular formula is C14H22ClN3O7S. The van der Waals surface area contributed by atoms with Gasteiger partial charge in [0.15, 0.2) is 6.04 Å². The summed E-state index contributed by atoms with van der Waals surface area (Å²) in [5, 5.41) is 32.7. The van der Waals surface area contributed by atoms with Gasteiger partial charge in [0.2, 0.25) is 0 Å². The van der Waals surface area contributed by atoms with Gasteiger partial charge in [0, 0.05) is 24.8 Å². The molecule has 0 heterocycles. The molecule has 0 aliphatic heterocycles. The fraction of sp³-hybridized carbons (Fsp3) is 0.500. The number of hydrogen-bond donors (Lipinski definition) is 4. The number of carbonyl (C=O) groups excluding carboxylic acids is 1. The lowest BCUT2D eigenvalue weighted by Crippen LogP contribution is -3.00. The number of sulfone groups is 1. The highest BCUT2D eigenvalue weighted by Crippen LogP contribution is 2.20. The van der Waals surface area contributed by atoms with Gasteiger partial charge in [0.1, 0.15) is 15.9 Å². The number of non-ortho nitro benzene ring substituents is 1. The van der Waals surface area contributed by atoms with Crippen molar-refractivity contribution >= 4 is 21.4 Å². The first kappa shape index (κ1) is 24.2. The van der Waals surface area contributed by atoms with Crippen LogP contribution in [0.3, 0.4) is 0 Å². The summed E-state index contributed by atoms with van der Waals surface area (Å²) in [6, 6.07) is 3.12. The summed E-state index contributed by atoms with van der Waals surface area (Å²) in [5.41, 5.74) is 3.70. The lowest BCUT2D eigenvalue weighted by molar-refractivity contribution is -0.404. The van der Waals surface area contributed by atoms with Gasteiger partial charge in [-0.2, -0.15) is 0 Å². The molecule has 0 bridgehead atoms. The lowest BCUT2D eigenvalue weighted by Gasteiger charge is -2.23. The zero-order valence-electron chi connectivity index (χ0n) is 14.0. The summed E-state index contributed by atoms with van der Waals surface area (Å²) < 4.78 is 22.2. The molecule has 0 fully saturated rings. The van der Waals surface area contributed by atoms with Crippen molar-refractivity contribution in [2.45, 2.75) is 24.6 Å². The Hall–Kier alpha value is -1.79. The quantitative estimate of drug-likeness (QED) is 0.233. The average Bonchev–Trinajstić information content (AvgIpc) is 2.56. The Morgan fingerprint density at radius 1 is 1.35 bits per heavy atom. The van der Waals surface area contributed by atoms with E-state index in [4.69, 9.17) is 0 Å². The molecular weight excluding hydrogens is 390 g/mol. The molecule has 1 aromatic rings. The number of aliphatic hydroxyl groups is 2. The number of quaternary nitrogens is 1. The third-order valence-corrected chi connectivity index (χ3v) is 4.54. The van der Waals surface area contributed by atoms with Gasteiger partial charge in [0.25, 0.3) is 11.6 Å². The topological polar surface area (TPSA) is 174 Å². The van der Waals surface area contributed by atoms with E-state index in [0.717, 1.165) is 6.26 Å². The summed E-state index contributed by atoms with van der Waals surface area (Å²) in [4.78, 5) is 22.1. The van der Waals surface area contributed by atoms with E-state index in [1.807, 2.05) is 0 Å². The van der Waals surface area contributed by atoms with Crippen LogP contribution in [0.4, 0.5) is 5.69 Å². The van der Waals surface area contributed by atoms with Crippen LogP contribution in [-0.2, 0) is 14.6 Å². The van der Waals surface area contributed by atoms with E-state index < -0.39 is 45.5 Å². The molecule has 148 valence electrons. The molecule has 26 heavy (non-hydrogen) atoms. The van der Waals surface area contributed by atoms with E-state index in [0.29, 0.717) is 0 Å². The van der Waals surface area contributed by atoms with Crippen molar-refractivity contribution in [3.8, 4) is 0 Å². The van der Waals surface area contributed by atoms with Gasteiger partial charge in [0.05, 0.1) is 23.3 Å². The van der Waals surface area contributed by atoms with Gasteiger partial charge in [-0.3, -0.25) is 14.9 Å². The highest BCUT2D eigenvalue weighted by molar-refractivity contribution is 7.90. The van der Waals surface area contributed by atoms with Crippen LogP contribution in [0.5, 0.6) is 0 Å². The van der Waals surface area contributed by atoms with Crippen LogP contribution in [0.2, 0.25) is 0 Å². The van der Waals surface area contributed by atoms with Crippen molar-refractivity contribution in [3.63, 3.8) is 0 Å². The zero-order chi connectivity index (χ0) is 19.2. The van der Waals surface area contributed by atoms with Crippen LogP contribution in [-0.4, -0.2) is 60.2 Å². The maximum absolute atomic E-state index is 12.0. The molecule has 12 heteroatoms. The number of nitro groups is 1.